The molecule has 0 aromatic carbocycles. The van der Waals surface area contributed by atoms with Crippen LogP contribution in [-0.2, 0) is 20.7 Å². The predicted octanol–water partition coefficient (Wildman–Crippen LogP) is 2.94. The molecule has 0 bridgehead atoms. The van der Waals surface area contributed by atoms with Crippen molar-refractivity contribution in [2.45, 2.75) is 72.0 Å². The Hall–Kier alpha value is -2.28. The lowest BCUT2D eigenvalue weighted by atomic mass is 9.94. The molecule has 0 amide bonds. The Kier molecular flexibility index (Phi) is 5.89. The first-order chi connectivity index (χ1) is 12.9. The van der Waals surface area contributed by atoms with Gasteiger partial charge in [0.1, 0.15) is 6.10 Å². The highest BCUT2D eigenvalue weighted by Gasteiger charge is 2.29. The molecule has 2 atom stereocenters. The molecule has 146 valence electrons. The Balaban J connectivity index is 1.77. The van der Waals surface area contributed by atoms with Crippen molar-refractivity contribution in [1.82, 2.24) is 19.7 Å². The van der Waals surface area contributed by atoms with E-state index in [0.717, 1.165) is 54.0 Å². The summed E-state index contributed by atoms with van der Waals surface area (Å²) in [4.78, 5) is 21.5. The van der Waals surface area contributed by atoms with Gasteiger partial charge < -0.3 is 9.47 Å². The third-order valence-corrected chi connectivity index (χ3v) is 5.15. The molecule has 3 rings (SSSR count). The fraction of sp³-hybridized carbons (Fsp3) is 0.600. The minimum atomic E-state index is -0.240. The number of aryl methyl sites for hydroxylation is 3. The molecule has 2 aromatic heterocycles. The van der Waals surface area contributed by atoms with Gasteiger partial charge in [-0.05, 0) is 53.0 Å². The number of hydrogen-bond donors (Lipinski definition) is 0. The largest absolute Gasteiger partial charge is 0.459 e. The highest BCUT2D eigenvalue weighted by atomic mass is 16.6. The smallest absolute Gasteiger partial charge is 0.310 e. The average Bonchev–Trinajstić information content (AvgIpc) is 2.89. The van der Waals surface area contributed by atoms with E-state index in [1.807, 2.05) is 33.8 Å². The van der Waals surface area contributed by atoms with Crippen LogP contribution in [0.2, 0.25) is 0 Å². The van der Waals surface area contributed by atoms with Crippen LogP contribution in [0.25, 0.3) is 5.95 Å². The summed E-state index contributed by atoms with van der Waals surface area (Å²) >= 11 is 0. The second kappa shape index (κ2) is 8.17. The molecule has 7 nitrogen and oxygen atoms in total. The number of methoxy groups -OCH3 is 1. The quantitative estimate of drug-likeness (QED) is 0.751. The first-order valence-corrected chi connectivity index (χ1v) is 9.49. The summed E-state index contributed by atoms with van der Waals surface area (Å²) in [5.41, 5.74) is 4.29. The lowest BCUT2D eigenvalue weighted by Gasteiger charge is -2.29. The van der Waals surface area contributed by atoms with Crippen LogP contribution in [0.3, 0.4) is 0 Å². The molecule has 27 heavy (non-hydrogen) atoms. The number of aromatic nitrogens is 4. The molecule has 1 fully saturated rings. The normalized spacial score (nSPS) is 19.9. The zero-order valence-corrected chi connectivity index (χ0v) is 16.8. The second-order valence-corrected chi connectivity index (χ2v) is 7.28. The van der Waals surface area contributed by atoms with Crippen LogP contribution in [0.1, 0.15) is 54.0 Å². The van der Waals surface area contributed by atoms with Gasteiger partial charge >= 0.3 is 5.97 Å². The summed E-state index contributed by atoms with van der Waals surface area (Å²) in [6.07, 6.45) is 4.01. The van der Waals surface area contributed by atoms with E-state index in [9.17, 15) is 4.79 Å². The Morgan fingerprint density at radius 1 is 1.11 bits per heavy atom. The van der Waals surface area contributed by atoms with Crippen LogP contribution in [0.15, 0.2) is 6.07 Å². The first-order valence-electron chi connectivity index (χ1n) is 9.49. The van der Waals surface area contributed by atoms with Gasteiger partial charge in [0.05, 0.1) is 18.2 Å². The Morgan fingerprint density at radius 3 is 2.37 bits per heavy atom. The monoisotopic (exact) mass is 372 g/mol. The van der Waals surface area contributed by atoms with Gasteiger partial charge in [0.2, 0.25) is 0 Å². The third-order valence-electron chi connectivity index (χ3n) is 5.15. The van der Waals surface area contributed by atoms with Gasteiger partial charge in [-0.1, -0.05) is 6.42 Å². The number of carbonyl (C=O) groups excluding carboxylic acids is 1. The van der Waals surface area contributed by atoms with Crippen LogP contribution in [0.4, 0.5) is 0 Å². The van der Waals surface area contributed by atoms with E-state index in [0.29, 0.717) is 5.95 Å². The fourth-order valence-corrected chi connectivity index (χ4v) is 3.75. The molecule has 7 heteroatoms. The van der Waals surface area contributed by atoms with Gasteiger partial charge in [-0.3, -0.25) is 4.79 Å². The van der Waals surface area contributed by atoms with E-state index >= 15 is 0 Å². The van der Waals surface area contributed by atoms with Gasteiger partial charge in [0.15, 0.2) is 0 Å². The summed E-state index contributed by atoms with van der Waals surface area (Å²) in [6, 6.07) is 1.92. The molecule has 2 heterocycles. The van der Waals surface area contributed by atoms with Crippen molar-refractivity contribution in [2.24, 2.45) is 0 Å². The maximum absolute atomic E-state index is 12.6. The van der Waals surface area contributed by atoms with Gasteiger partial charge in [0.25, 0.3) is 5.95 Å². The summed E-state index contributed by atoms with van der Waals surface area (Å²) < 4.78 is 12.9. The van der Waals surface area contributed by atoms with E-state index in [4.69, 9.17) is 9.47 Å². The SMILES string of the molecule is CO[C@H]1CCCC[C@@H]1OC(=O)Cc1c(C)nn(-c2nc(C)cc(C)n2)c1C. The molecular formula is C20H28N4O3. The standard InChI is InChI=1S/C20H28N4O3/c1-12-10-13(2)22-20(21-12)24-15(4)16(14(3)23-24)11-19(25)27-18-9-7-6-8-17(18)26-5/h10,17-18H,6-9,11H2,1-5H3/t17-,18-/m0/s1. The first kappa shape index (κ1) is 19.5. The van der Waals surface area contributed by atoms with Crippen molar-refractivity contribution in [3.8, 4) is 5.95 Å². The summed E-state index contributed by atoms with van der Waals surface area (Å²) in [5.74, 6) is 0.287. The van der Waals surface area contributed by atoms with Crippen molar-refractivity contribution in [3.05, 3.63) is 34.4 Å². The van der Waals surface area contributed by atoms with Gasteiger partial charge in [-0.2, -0.15) is 5.10 Å². The number of esters is 1. The maximum Gasteiger partial charge on any atom is 0.310 e. The van der Waals surface area contributed by atoms with E-state index in [2.05, 4.69) is 15.1 Å². The van der Waals surface area contributed by atoms with Crippen LogP contribution < -0.4 is 0 Å². The average molecular weight is 372 g/mol. The van der Waals surface area contributed by atoms with Crippen molar-refractivity contribution in [1.29, 1.82) is 0 Å². The molecule has 0 N–H and O–H groups in total. The minimum absolute atomic E-state index is 0.00344. The number of nitrogens with zero attached hydrogens (tertiary/aromatic N) is 4. The summed E-state index contributed by atoms with van der Waals surface area (Å²) in [6.45, 7) is 7.69. The summed E-state index contributed by atoms with van der Waals surface area (Å²) in [7, 11) is 1.68. The number of carbonyl (C=O) groups is 1. The topological polar surface area (TPSA) is 79.1 Å². The van der Waals surface area contributed by atoms with Crippen molar-refractivity contribution in [3.63, 3.8) is 0 Å². The van der Waals surface area contributed by atoms with Crippen LogP contribution in [0, 0.1) is 27.7 Å². The van der Waals surface area contributed by atoms with Crippen LogP contribution in [-0.4, -0.2) is 45.0 Å². The van der Waals surface area contributed by atoms with Crippen LogP contribution in [0.5, 0.6) is 0 Å². The molecule has 0 saturated heterocycles. The van der Waals surface area contributed by atoms with Crippen molar-refractivity contribution < 1.29 is 14.3 Å². The number of rotatable bonds is 5. The van der Waals surface area contributed by atoms with E-state index < -0.39 is 0 Å². The summed E-state index contributed by atoms with van der Waals surface area (Å²) in [5, 5.41) is 4.55. The molecular weight excluding hydrogens is 344 g/mol. The molecule has 0 spiro atoms. The Labute approximate surface area is 160 Å². The second-order valence-electron chi connectivity index (χ2n) is 7.28. The molecule has 2 aromatic rings. The highest BCUT2D eigenvalue weighted by molar-refractivity contribution is 5.73. The molecule has 0 unspecified atom stereocenters. The Morgan fingerprint density at radius 2 is 1.74 bits per heavy atom. The lowest BCUT2D eigenvalue weighted by molar-refractivity contribution is -0.158. The highest BCUT2D eigenvalue weighted by Crippen LogP contribution is 2.24. The fourth-order valence-electron chi connectivity index (χ4n) is 3.75. The predicted molar refractivity (Wildman–Crippen MR) is 101 cm³/mol. The lowest BCUT2D eigenvalue weighted by Crippen LogP contribution is -2.36. The van der Waals surface area contributed by atoms with Crippen molar-refractivity contribution >= 4 is 5.97 Å². The van der Waals surface area contributed by atoms with Gasteiger partial charge in [-0.15, -0.1) is 0 Å². The Bertz CT molecular complexity index is 811. The molecule has 1 saturated carbocycles. The van der Waals surface area contributed by atoms with Gasteiger partial charge in [0, 0.05) is 29.8 Å². The number of ether oxygens (including phenoxy) is 2. The third kappa shape index (κ3) is 4.35. The minimum Gasteiger partial charge on any atom is -0.459 e. The zero-order valence-electron chi connectivity index (χ0n) is 16.8. The van der Waals surface area contributed by atoms with Crippen molar-refractivity contribution in [2.75, 3.05) is 7.11 Å². The van der Waals surface area contributed by atoms with Gasteiger partial charge in [-0.25, -0.2) is 14.6 Å². The number of hydrogen-bond acceptors (Lipinski definition) is 6. The zero-order chi connectivity index (χ0) is 19.6. The van der Waals surface area contributed by atoms with Crippen LogP contribution >= 0.6 is 0 Å². The van der Waals surface area contributed by atoms with E-state index in [1.165, 1.54) is 0 Å². The molecule has 1 aliphatic rings. The molecule has 0 radical (unpaired) electrons. The molecule has 1 aliphatic carbocycles. The molecule has 0 aliphatic heterocycles. The van der Waals surface area contributed by atoms with E-state index in [-0.39, 0.29) is 24.6 Å². The maximum atomic E-state index is 12.6. The van der Waals surface area contributed by atoms with E-state index in [1.54, 1.807) is 11.8 Å².